The summed E-state index contributed by atoms with van der Waals surface area (Å²) >= 11 is 0. The van der Waals surface area contributed by atoms with Gasteiger partial charge in [-0.1, -0.05) is 0 Å². The summed E-state index contributed by atoms with van der Waals surface area (Å²) in [6.07, 6.45) is 0. The lowest BCUT2D eigenvalue weighted by Crippen LogP contribution is -2.38. The highest BCUT2D eigenvalue weighted by Crippen LogP contribution is 1.90. The number of hydrogen-bond donors (Lipinski definition) is 4. The number of guanidine groups is 1. The van der Waals surface area contributed by atoms with Crippen molar-refractivity contribution in [1.29, 1.82) is 0 Å². The van der Waals surface area contributed by atoms with Gasteiger partial charge in [0, 0.05) is 9.39 Å². The van der Waals surface area contributed by atoms with Crippen molar-refractivity contribution in [2.75, 3.05) is 0 Å². The van der Waals surface area contributed by atoms with Gasteiger partial charge in [0.05, 0.1) is 0 Å². The normalized spacial score (nSPS) is 8.10. The molecule has 58 valence electrons. The van der Waals surface area contributed by atoms with E-state index in [1.54, 1.807) is 0 Å². The zero-order valence-electron chi connectivity index (χ0n) is 5.11. The van der Waals surface area contributed by atoms with Crippen molar-refractivity contribution in [2.24, 2.45) is 22.3 Å². The number of nitrogens with zero attached hydrogens (tertiary/aromatic N) is 2. The van der Waals surface area contributed by atoms with E-state index in [1.807, 2.05) is 9.39 Å². The predicted octanol–water partition coefficient (Wildman–Crippen LogP) is -2.15. The lowest BCUT2D eigenvalue weighted by atomic mass is 11.1. The standard InChI is InChI=1S/C2H9N6OP/c3-1(4)6-8(10)7-2(5)9/h10H2,(H4,3,4,6)(H3,5,7,9). The first-order valence-electron chi connectivity index (χ1n) is 2.23. The molecule has 0 aromatic carbocycles. The Labute approximate surface area is 59.8 Å². The van der Waals surface area contributed by atoms with Crippen molar-refractivity contribution in [2.45, 2.75) is 0 Å². The van der Waals surface area contributed by atoms with Crippen LogP contribution >= 0.6 is 9.39 Å². The first-order chi connectivity index (χ1) is 4.52. The number of rotatable bonds is 2. The van der Waals surface area contributed by atoms with Crippen LogP contribution in [0, 0.1) is 0 Å². The number of hydrazone groups is 1. The summed E-state index contributed by atoms with van der Waals surface area (Å²) in [5, 5.41) is 3.37. The van der Waals surface area contributed by atoms with Crippen molar-refractivity contribution >= 4 is 21.4 Å². The van der Waals surface area contributed by atoms with E-state index in [0.29, 0.717) is 0 Å². The van der Waals surface area contributed by atoms with E-state index in [2.05, 4.69) is 10.5 Å². The minimum absolute atomic E-state index is 0.177. The number of carbonyl (C=O) groups excluding carboxylic acids is 1. The second kappa shape index (κ2) is 3.73. The number of primary amides is 1. The molecule has 0 aliphatic rings. The van der Waals surface area contributed by atoms with Crippen LogP contribution in [0.1, 0.15) is 0 Å². The quantitative estimate of drug-likeness (QED) is 0.161. The number of hydrazine groups is 1. The molecule has 0 saturated heterocycles. The first kappa shape index (κ1) is 8.77. The molecule has 0 aromatic rings. The molecule has 0 radical (unpaired) electrons. The maximum atomic E-state index is 10.1. The highest BCUT2D eigenvalue weighted by atomic mass is 31.0. The molecular weight excluding hydrogens is 155 g/mol. The predicted molar refractivity (Wildman–Crippen MR) is 40.1 cm³/mol. The maximum absolute atomic E-state index is 10.1. The first-order valence-corrected chi connectivity index (χ1v) is 2.74. The Kier molecular flexibility index (Phi) is 3.27. The van der Waals surface area contributed by atoms with Gasteiger partial charge in [-0.25, -0.2) is 10.2 Å². The Hall–Kier alpha value is -1.23. The molecule has 0 aliphatic carbocycles. The molecule has 0 saturated carbocycles. The summed E-state index contributed by atoms with van der Waals surface area (Å²) in [6.45, 7) is 0. The van der Waals surface area contributed by atoms with Gasteiger partial charge in [0.2, 0.25) is 5.96 Å². The fraction of sp³-hybridized carbons (Fsp3) is 0. The zero-order chi connectivity index (χ0) is 8.15. The van der Waals surface area contributed by atoms with Crippen LogP contribution in [-0.2, 0) is 0 Å². The van der Waals surface area contributed by atoms with Crippen LogP contribution < -0.4 is 22.6 Å². The fourth-order valence-corrected chi connectivity index (χ4v) is 0.523. The van der Waals surface area contributed by atoms with Crippen LogP contribution in [0.2, 0.25) is 0 Å². The lowest BCUT2D eigenvalue weighted by molar-refractivity contribution is 0.233. The van der Waals surface area contributed by atoms with Crippen LogP contribution in [-0.4, -0.2) is 16.9 Å². The number of hydrogen-bond acceptors (Lipinski definition) is 3. The smallest absolute Gasteiger partial charge is 0.332 e. The average molecular weight is 164 g/mol. The van der Waals surface area contributed by atoms with Crippen molar-refractivity contribution in [3.8, 4) is 0 Å². The van der Waals surface area contributed by atoms with Gasteiger partial charge in [-0.05, 0) is 0 Å². The van der Waals surface area contributed by atoms with E-state index in [9.17, 15) is 4.79 Å². The van der Waals surface area contributed by atoms with Crippen molar-refractivity contribution in [3.63, 3.8) is 0 Å². The van der Waals surface area contributed by atoms with E-state index < -0.39 is 6.03 Å². The van der Waals surface area contributed by atoms with E-state index >= 15 is 0 Å². The molecule has 0 spiro atoms. The number of urea groups is 1. The highest BCUT2D eigenvalue weighted by molar-refractivity contribution is 7.13. The molecule has 7 N–H and O–H groups in total. The highest BCUT2D eigenvalue weighted by Gasteiger charge is 1.94. The third kappa shape index (κ3) is 4.92. The molecule has 0 fully saturated rings. The van der Waals surface area contributed by atoms with Gasteiger partial charge >= 0.3 is 6.03 Å². The SMILES string of the molecule is NC(=O)NN(P)N=C(N)N. The summed E-state index contributed by atoms with van der Waals surface area (Å²) < 4.78 is 0. The van der Waals surface area contributed by atoms with Gasteiger partial charge in [-0.15, -0.1) is 5.10 Å². The molecule has 8 heteroatoms. The maximum Gasteiger partial charge on any atom is 0.332 e. The molecule has 1 unspecified atom stereocenters. The third-order valence-corrected chi connectivity index (χ3v) is 0.693. The molecular formula is C2H9N6OP. The topological polar surface area (TPSA) is 123 Å². The number of carbonyl (C=O) groups is 1. The molecule has 0 heterocycles. The summed E-state index contributed by atoms with van der Waals surface area (Å²) in [6, 6.07) is -0.750. The summed E-state index contributed by atoms with van der Waals surface area (Å²) in [5.41, 5.74) is 16.7. The molecule has 10 heavy (non-hydrogen) atoms. The second-order valence-electron chi connectivity index (χ2n) is 1.35. The minimum Gasteiger partial charge on any atom is -0.369 e. The Balaban J connectivity index is 3.75. The van der Waals surface area contributed by atoms with Gasteiger partial charge in [-0.3, -0.25) is 0 Å². The van der Waals surface area contributed by atoms with Crippen molar-refractivity contribution < 1.29 is 4.79 Å². The Bertz CT molecular complexity index is 152. The van der Waals surface area contributed by atoms with Crippen molar-refractivity contribution in [3.05, 3.63) is 0 Å². The number of amides is 2. The van der Waals surface area contributed by atoms with E-state index in [1.165, 1.54) is 0 Å². The lowest BCUT2D eigenvalue weighted by Gasteiger charge is -2.10. The van der Waals surface area contributed by atoms with Gasteiger partial charge in [0.15, 0.2) is 0 Å². The summed E-state index contributed by atoms with van der Waals surface area (Å²) in [4.78, 5) is 11.0. The fourth-order valence-electron chi connectivity index (χ4n) is 0.262. The molecule has 2 amide bonds. The molecule has 0 aliphatic heterocycles. The molecule has 0 bridgehead atoms. The van der Waals surface area contributed by atoms with Crippen LogP contribution in [0.4, 0.5) is 4.79 Å². The Morgan fingerprint density at radius 2 is 2.00 bits per heavy atom. The molecule has 1 atom stereocenters. The van der Waals surface area contributed by atoms with Crippen LogP contribution in [0.25, 0.3) is 0 Å². The van der Waals surface area contributed by atoms with E-state index in [0.717, 1.165) is 4.89 Å². The number of nitrogens with two attached hydrogens (primary N) is 3. The number of nitrogens with one attached hydrogen (secondary N) is 1. The third-order valence-electron chi connectivity index (χ3n) is 0.448. The monoisotopic (exact) mass is 164 g/mol. The van der Waals surface area contributed by atoms with Gasteiger partial charge < -0.3 is 17.2 Å². The largest absolute Gasteiger partial charge is 0.369 e. The van der Waals surface area contributed by atoms with Crippen LogP contribution in [0.15, 0.2) is 5.10 Å². The van der Waals surface area contributed by atoms with Crippen molar-refractivity contribution in [1.82, 2.24) is 10.3 Å². The molecule has 0 rings (SSSR count). The Morgan fingerprint density at radius 1 is 1.50 bits per heavy atom. The van der Waals surface area contributed by atoms with Gasteiger partial charge in [-0.2, -0.15) is 4.89 Å². The van der Waals surface area contributed by atoms with Crippen LogP contribution in [0.3, 0.4) is 0 Å². The molecule has 0 aromatic heterocycles. The summed E-state index contributed by atoms with van der Waals surface area (Å²) in [7, 11) is 2.02. The minimum atomic E-state index is -0.750. The molecule has 7 nitrogen and oxygen atoms in total. The average Bonchev–Trinajstić information content (AvgIpc) is 1.58. The van der Waals surface area contributed by atoms with E-state index in [-0.39, 0.29) is 5.96 Å². The summed E-state index contributed by atoms with van der Waals surface area (Å²) in [5.74, 6) is -0.177. The van der Waals surface area contributed by atoms with Gasteiger partial charge in [0.1, 0.15) is 0 Å². The van der Waals surface area contributed by atoms with E-state index in [4.69, 9.17) is 17.2 Å². The van der Waals surface area contributed by atoms with Crippen LogP contribution in [0.5, 0.6) is 0 Å². The second-order valence-corrected chi connectivity index (χ2v) is 1.83. The Morgan fingerprint density at radius 3 is 2.30 bits per heavy atom. The zero-order valence-corrected chi connectivity index (χ0v) is 6.27. The van der Waals surface area contributed by atoms with Gasteiger partial charge in [0.25, 0.3) is 0 Å².